The molecule has 17 heavy (non-hydrogen) atoms. The highest BCUT2D eigenvalue weighted by atomic mass is 79.9. The van der Waals surface area contributed by atoms with E-state index in [1.165, 1.54) is 0 Å². The first kappa shape index (κ1) is 15.0. The number of halogens is 2. The molecule has 96 valence electrons. The highest BCUT2D eigenvalue weighted by Gasteiger charge is 2.15. The molecule has 0 aliphatic rings. The zero-order valence-corrected chi connectivity index (χ0v) is 12.6. The average molecular weight is 341 g/mol. The van der Waals surface area contributed by atoms with E-state index in [0.717, 1.165) is 10.0 Å². The normalized spacial score (nSPS) is 13.6. The van der Waals surface area contributed by atoms with Gasteiger partial charge >= 0.3 is 0 Å². The summed E-state index contributed by atoms with van der Waals surface area (Å²) in [7, 11) is -3.25. The van der Waals surface area contributed by atoms with Gasteiger partial charge in [0.25, 0.3) is 0 Å². The second kappa shape index (κ2) is 6.73. The lowest BCUT2D eigenvalue weighted by molar-refractivity contribution is 0.566. The Labute approximate surface area is 116 Å². The molecule has 0 aromatic heterocycles. The minimum atomic E-state index is -3.25. The number of hydrogen-bond acceptors (Lipinski definition) is 2. The quantitative estimate of drug-likeness (QED) is 0.809. The van der Waals surface area contributed by atoms with Crippen LogP contribution in [0.15, 0.2) is 28.7 Å². The van der Waals surface area contributed by atoms with Crippen LogP contribution in [0, 0.1) is 0 Å². The summed E-state index contributed by atoms with van der Waals surface area (Å²) >= 11 is 8.82. The van der Waals surface area contributed by atoms with Crippen molar-refractivity contribution in [3.63, 3.8) is 0 Å². The molecule has 1 N–H and O–H groups in total. The third-order valence-electron chi connectivity index (χ3n) is 2.27. The van der Waals surface area contributed by atoms with E-state index in [1.54, 1.807) is 0 Å². The molecule has 1 aromatic carbocycles. The van der Waals surface area contributed by atoms with Gasteiger partial charge in [0.15, 0.2) is 0 Å². The fourth-order valence-electron chi connectivity index (χ4n) is 1.39. The predicted octanol–water partition coefficient (Wildman–Crippen LogP) is 3.06. The second-order valence-corrected chi connectivity index (χ2v) is 6.92. The Kier molecular flexibility index (Phi) is 5.92. The maximum atomic E-state index is 11.7. The van der Waals surface area contributed by atoms with Crippen molar-refractivity contribution in [3.8, 4) is 0 Å². The molecule has 0 spiro atoms. The Morgan fingerprint density at radius 3 is 2.47 bits per heavy atom. The van der Waals surface area contributed by atoms with Crippen molar-refractivity contribution < 1.29 is 8.42 Å². The zero-order valence-electron chi connectivity index (χ0n) is 9.49. The van der Waals surface area contributed by atoms with Crippen molar-refractivity contribution in [2.75, 3.05) is 11.6 Å². The van der Waals surface area contributed by atoms with Gasteiger partial charge in [-0.1, -0.05) is 28.1 Å². The number of nitrogens with one attached hydrogen (secondary N) is 1. The van der Waals surface area contributed by atoms with Gasteiger partial charge in [-0.15, -0.1) is 11.6 Å². The second-order valence-electron chi connectivity index (χ2n) is 3.75. The molecular formula is C11H15BrClNO2S. The van der Waals surface area contributed by atoms with Gasteiger partial charge in [0.2, 0.25) is 10.0 Å². The number of sulfonamides is 1. The van der Waals surface area contributed by atoms with Gasteiger partial charge in [-0.3, -0.25) is 0 Å². The summed E-state index contributed by atoms with van der Waals surface area (Å²) in [6.07, 6.45) is 0.462. The molecule has 6 heteroatoms. The molecule has 0 unspecified atom stereocenters. The maximum Gasteiger partial charge on any atom is 0.212 e. The lowest BCUT2D eigenvalue weighted by Gasteiger charge is -2.14. The van der Waals surface area contributed by atoms with Crippen LogP contribution in [0.3, 0.4) is 0 Å². The van der Waals surface area contributed by atoms with Crippen molar-refractivity contribution in [1.29, 1.82) is 0 Å². The van der Waals surface area contributed by atoms with Gasteiger partial charge in [0.05, 0.1) is 5.75 Å². The van der Waals surface area contributed by atoms with E-state index in [9.17, 15) is 8.42 Å². The summed E-state index contributed by atoms with van der Waals surface area (Å²) in [5, 5.41) is 0. The largest absolute Gasteiger partial charge is 0.212 e. The number of alkyl halides is 1. The zero-order chi connectivity index (χ0) is 12.9. The minimum absolute atomic E-state index is 0.0668. The van der Waals surface area contributed by atoms with Crippen LogP contribution in [0.5, 0.6) is 0 Å². The smallest absolute Gasteiger partial charge is 0.212 e. The highest BCUT2D eigenvalue weighted by Crippen LogP contribution is 2.17. The Hall–Kier alpha value is -0.100. The highest BCUT2D eigenvalue weighted by molar-refractivity contribution is 9.10. The first-order chi connectivity index (χ1) is 7.94. The summed E-state index contributed by atoms with van der Waals surface area (Å²) in [5.41, 5.74) is 0.933. The van der Waals surface area contributed by atoms with Crippen LogP contribution in [-0.4, -0.2) is 20.1 Å². The Morgan fingerprint density at radius 2 is 1.94 bits per heavy atom. The first-order valence-corrected chi connectivity index (χ1v) is 8.24. The third-order valence-corrected chi connectivity index (χ3v) is 4.61. The SMILES string of the molecule is C[C@H](NS(=O)(=O)CCCCl)c1ccc(Br)cc1. The van der Waals surface area contributed by atoms with Gasteiger partial charge < -0.3 is 0 Å². The van der Waals surface area contributed by atoms with Crippen molar-refractivity contribution >= 4 is 37.6 Å². The molecule has 0 radical (unpaired) electrons. The molecule has 0 saturated carbocycles. The van der Waals surface area contributed by atoms with Crippen molar-refractivity contribution in [3.05, 3.63) is 34.3 Å². The fourth-order valence-corrected chi connectivity index (χ4v) is 3.27. The topological polar surface area (TPSA) is 46.2 Å². The molecule has 0 aliphatic heterocycles. The molecule has 0 amide bonds. The summed E-state index contributed by atoms with van der Waals surface area (Å²) in [6.45, 7) is 1.82. The molecule has 0 heterocycles. The van der Waals surface area contributed by atoms with Gasteiger partial charge in [-0.05, 0) is 31.0 Å². The molecule has 0 aliphatic carbocycles. The molecule has 3 nitrogen and oxygen atoms in total. The summed E-state index contributed by atoms with van der Waals surface area (Å²) in [6, 6.07) is 7.32. The van der Waals surface area contributed by atoms with Crippen LogP contribution in [-0.2, 0) is 10.0 Å². The molecule has 1 atom stereocenters. The van der Waals surface area contributed by atoms with E-state index < -0.39 is 10.0 Å². The number of benzene rings is 1. The summed E-state index contributed by atoms with van der Waals surface area (Å²) in [4.78, 5) is 0. The van der Waals surface area contributed by atoms with Crippen molar-refractivity contribution in [2.24, 2.45) is 0 Å². The van der Waals surface area contributed by atoms with Crippen LogP contribution in [0.2, 0.25) is 0 Å². The Balaban J connectivity index is 2.65. The monoisotopic (exact) mass is 339 g/mol. The Morgan fingerprint density at radius 1 is 1.35 bits per heavy atom. The van der Waals surface area contributed by atoms with Gasteiger partial charge in [0.1, 0.15) is 0 Å². The van der Waals surface area contributed by atoms with Gasteiger partial charge in [-0.2, -0.15) is 0 Å². The predicted molar refractivity (Wildman–Crippen MR) is 74.8 cm³/mol. The van der Waals surface area contributed by atoms with E-state index in [1.807, 2.05) is 31.2 Å². The van der Waals surface area contributed by atoms with Crippen LogP contribution < -0.4 is 4.72 Å². The van der Waals surface area contributed by atoms with E-state index in [2.05, 4.69) is 20.7 Å². The fraction of sp³-hybridized carbons (Fsp3) is 0.455. The van der Waals surface area contributed by atoms with Gasteiger partial charge in [-0.25, -0.2) is 13.1 Å². The maximum absolute atomic E-state index is 11.7. The molecule has 1 rings (SSSR count). The Bertz CT molecular complexity index is 447. The number of hydrogen-bond donors (Lipinski definition) is 1. The van der Waals surface area contributed by atoms with Crippen LogP contribution in [0.1, 0.15) is 24.9 Å². The standard InChI is InChI=1S/C11H15BrClNO2S/c1-9(10-3-5-11(12)6-4-10)14-17(15,16)8-2-7-13/h3-6,9,14H,2,7-8H2,1H3/t9-/m0/s1. The van der Waals surface area contributed by atoms with Crippen LogP contribution in [0.4, 0.5) is 0 Å². The lowest BCUT2D eigenvalue weighted by atomic mass is 10.1. The number of rotatable bonds is 6. The molecular weight excluding hydrogens is 326 g/mol. The van der Waals surface area contributed by atoms with E-state index in [0.29, 0.717) is 12.3 Å². The van der Waals surface area contributed by atoms with Gasteiger partial charge in [0, 0.05) is 16.4 Å². The van der Waals surface area contributed by atoms with E-state index in [-0.39, 0.29) is 11.8 Å². The molecule has 0 bridgehead atoms. The summed E-state index contributed by atoms with van der Waals surface area (Å²) < 4.78 is 26.9. The lowest BCUT2D eigenvalue weighted by Crippen LogP contribution is -2.29. The van der Waals surface area contributed by atoms with Crippen molar-refractivity contribution in [1.82, 2.24) is 4.72 Å². The summed E-state index contributed by atoms with van der Waals surface area (Å²) in [5.74, 6) is 0.422. The minimum Gasteiger partial charge on any atom is -0.212 e. The van der Waals surface area contributed by atoms with E-state index in [4.69, 9.17) is 11.6 Å². The van der Waals surface area contributed by atoms with Crippen LogP contribution in [0.25, 0.3) is 0 Å². The molecule has 0 fully saturated rings. The molecule has 1 aromatic rings. The van der Waals surface area contributed by atoms with Crippen molar-refractivity contribution in [2.45, 2.75) is 19.4 Å². The molecule has 0 saturated heterocycles. The average Bonchev–Trinajstić information content (AvgIpc) is 2.26. The first-order valence-electron chi connectivity index (χ1n) is 5.26. The third kappa shape index (κ3) is 5.38. The van der Waals surface area contributed by atoms with Crippen LogP contribution >= 0.6 is 27.5 Å². The van der Waals surface area contributed by atoms with E-state index >= 15 is 0 Å².